The molecule has 0 saturated carbocycles. The molecule has 1 aromatic carbocycles. The number of halogens is 1. The van der Waals surface area contributed by atoms with E-state index in [0.717, 1.165) is 0 Å². The van der Waals surface area contributed by atoms with Gasteiger partial charge in [-0.1, -0.05) is 6.07 Å². The lowest BCUT2D eigenvalue weighted by atomic mass is 10.1. The van der Waals surface area contributed by atoms with Gasteiger partial charge < -0.3 is 5.32 Å². The number of thiophene rings is 1. The van der Waals surface area contributed by atoms with E-state index in [2.05, 4.69) is 5.32 Å². The van der Waals surface area contributed by atoms with E-state index < -0.39 is 5.82 Å². The normalized spacial score (nSPS) is 10.1. The Hall–Kier alpha value is -2.01. The third-order valence-corrected chi connectivity index (χ3v) is 3.23. The number of nitrogens with one attached hydrogen (secondary N) is 1. The minimum absolute atomic E-state index is 0.0149. The van der Waals surface area contributed by atoms with Gasteiger partial charge in [-0.25, -0.2) is 4.39 Å². The second-order valence-electron chi connectivity index (χ2n) is 3.68. The molecule has 0 saturated heterocycles. The first kappa shape index (κ1) is 12.4. The van der Waals surface area contributed by atoms with Crippen LogP contribution < -0.4 is 5.32 Å². The molecule has 1 heterocycles. The minimum atomic E-state index is -0.565. The van der Waals surface area contributed by atoms with Crippen molar-refractivity contribution >= 4 is 28.7 Å². The fourth-order valence-corrected chi connectivity index (χ4v) is 2.05. The molecule has 2 aromatic rings. The number of Topliss-reactive ketones (excluding diaryl/α,β-unsaturated/α-hetero) is 1. The maximum Gasteiger partial charge on any atom is 0.265 e. The van der Waals surface area contributed by atoms with Gasteiger partial charge in [-0.15, -0.1) is 11.3 Å². The zero-order chi connectivity index (χ0) is 13.1. The summed E-state index contributed by atoms with van der Waals surface area (Å²) in [6.07, 6.45) is 0. The zero-order valence-corrected chi connectivity index (χ0v) is 10.4. The summed E-state index contributed by atoms with van der Waals surface area (Å²) in [6.45, 7) is 1.39. The van der Waals surface area contributed by atoms with E-state index in [1.807, 2.05) is 0 Å². The summed E-state index contributed by atoms with van der Waals surface area (Å²) in [6, 6.07) is 7.27. The molecule has 0 unspecified atom stereocenters. The largest absolute Gasteiger partial charge is 0.319 e. The van der Waals surface area contributed by atoms with Crippen molar-refractivity contribution in [2.75, 3.05) is 5.32 Å². The molecule has 18 heavy (non-hydrogen) atoms. The van der Waals surface area contributed by atoms with Crippen LogP contribution in [-0.2, 0) is 0 Å². The summed E-state index contributed by atoms with van der Waals surface area (Å²) in [5.41, 5.74) is 0.374. The monoisotopic (exact) mass is 263 g/mol. The predicted octanol–water partition coefficient (Wildman–Crippen LogP) is 3.34. The van der Waals surface area contributed by atoms with Gasteiger partial charge in [0.05, 0.1) is 10.6 Å². The second-order valence-corrected chi connectivity index (χ2v) is 4.63. The Labute approximate surface area is 107 Å². The Morgan fingerprint density at radius 3 is 2.67 bits per heavy atom. The van der Waals surface area contributed by atoms with E-state index in [1.165, 1.54) is 36.5 Å². The molecule has 0 spiro atoms. The van der Waals surface area contributed by atoms with Crippen LogP contribution in [0, 0.1) is 5.82 Å². The van der Waals surface area contributed by atoms with Crippen LogP contribution in [0.25, 0.3) is 0 Å². The molecule has 0 radical (unpaired) electrons. The Bertz CT molecular complexity index is 593. The highest BCUT2D eigenvalue weighted by molar-refractivity contribution is 7.12. The first-order valence-electron chi connectivity index (χ1n) is 5.23. The number of carbonyl (C=O) groups is 2. The highest BCUT2D eigenvalue weighted by Gasteiger charge is 2.11. The number of carbonyl (C=O) groups excluding carboxylic acids is 2. The molecular weight excluding hydrogens is 253 g/mol. The number of amides is 1. The molecule has 0 aliphatic carbocycles. The van der Waals surface area contributed by atoms with E-state index in [1.54, 1.807) is 17.5 Å². The maximum atomic E-state index is 13.5. The third kappa shape index (κ3) is 2.62. The van der Waals surface area contributed by atoms with Crippen LogP contribution >= 0.6 is 11.3 Å². The Balaban J connectivity index is 2.26. The molecule has 0 aliphatic heterocycles. The van der Waals surface area contributed by atoms with Crippen molar-refractivity contribution in [3.05, 3.63) is 52.0 Å². The molecule has 1 aromatic heterocycles. The van der Waals surface area contributed by atoms with Crippen molar-refractivity contribution in [3.63, 3.8) is 0 Å². The Morgan fingerprint density at radius 2 is 2.06 bits per heavy atom. The van der Waals surface area contributed by atoms with Crippen LogP contribution in [0.5, 0.6) is 0 Å². The fourth-order valence-electron chi connectivity index (χ4n) is 1.43. The minimum Gasteiger partial charge on any atom is -0.319 e. The molecule has 0 aliphatic rings. The van der Waals surface area contributed by atoms with Crippen molar-refractivity contribution in [3.8, 4) is 0 Å². The Morgan fingerprint density at radius 1 is 1.28 bits per heavy atom. The standard InChI is InChI=1S/C13H10FNO2S/c1-8(16)9-4-5-10(14)11(7-9)15-13(17)12-3-2-6-18-12/h2-7H,1H3,(H,15,17). The first-order chi connectivity index (χ1) is 8.58. The second kappa shape index (κ2) is 5.10. The quantitative estimate of drug-likeness (QED) is 0.863. The van der Waals surface area contributed by atoms with Crippen LogP contribution in [0.2, 0.25) is 0 Å². The summed E-state index contributed by atoms with van der Waals surface area (Å²) < 4.78 is 13.5. The number of hydrogen-bond acceptors (Lipinski definition) is 3. The van der Waals surface area contributed by atoms with Gasteiger partial charge in [-0.3, -0.25) is 9.59 Å². The SMILES string of the molecule is CC(=O)c1ccc(F)c(NC(=O)c2cccs2)c1. The van der Waals surface area contributed by atoms with Crippen molar-refractivity contribution in [1.82, 2.24) is 0 Å². The predicted molar refractivity (Wildman–Crippen MR) is 68.7 cm³/mol. The van der Waals surface area contributed by atoms with Gasteiger partial charge in [0, 0.05) is 5.56 Å². The van der Waals surface area contributed by atoms with Gasteiger partial charge in [0.1, 0.15) is 5.82 Å². The molecule has 5 heteroatoms. The van der Waals surface area contributed by atoms with Gasteiger partial charge in [0.15, 0.2) is 5.78 Å². The van der Waals surface area contributed by atoms with Crippen molar-refractivity contribution in [2.45, 2.75) is 6.92 Å². The number of anilines is 1. The highest BCUT2D eigenvalue weighted by Crippen LogP contribution is 2.18. The van der Waals surface area contributed by atoms with E-state index in [9.17, 15) is 14.0 Å². The molecule has 1 amide bonds. The Kier molecular flexibility index (Phi) is 3.53. The summed E-state index contributed by atoms with van der Waals surface area (Å²) in [4.78, 5) is 23.4. The lowest BCUT2D eigenvalue weighted by molar-refractivity contribution is 0.101. The van der Waals surface area contributed by atoms with E-state index in [-0.39, 0.29) is 17.4 Å². The summed E-state index contributed by atoms with van der Waals surface area (Å²) in [5.74, 6) is -1.13. The third-order valence-electron chi connectivity index (χ3n) is 2.37. The average Bonchev–Trinajstić information content (AvgIpc) is 2.85. The van der Waals surface area contributed by atoms with Crippen LogP contribution in [0.1, 0.15) is 27.0 Å². The van der Waals surface area contributed by atoms with E-state index in [0.29, 0.717) is 10.4 Å². The summed E-state index contributed by atoms with van der Waals surface area (Å²) in [7, 11) is 0. The molecular formula is C13H10FNO2S. The molecule has 0 fully saturated rings. The number of rotatable bonds is 3. The molecule has 2 rings (SSSR count). The molecule has 0 atom stereocenters. The molecule has 92 valence electrons. The van der Waals surface area contributed by atoms with Crippen molar-refractivity contribution in [2.24, 2.45) is 0 Å². The van der Waals surface area contributed by atoms with Gasteiger partial charge >= 0.3 is 0 Å². The van der Waals surface area contributed by atoms with E-state index >= 15 is 0 Å². The molecule has 1 N–H and O–H groups in total. The van der Waals surface area contributed by atoms with Gasteiger partial charge in [-0.05, 0) is 36.6 Å². The summed E-state index contributed by atoms with van der Waals surface area (Å²) in [5, 5.41) is 4.21. The molecule has 0 bridgehead atoms. The first-order valence-corrected chi connectivity index (χ1v) is 6.11. The van der Waals surface area contributed by atoms with Gasteiger partial charge in [-0.2, -0.15) is 0 Å². The summed E-state index contributed by atoms with van der Waals surface area (Å²) >= 11 is 1.27. The number of benzene rings is 1. The van der Waals surface area contributed by atoms with Crippen LogP contribution in [0.3, 0.4) is 0 Å². The topological polar surface area (TPSA) is 46.2 Å². The average molecular weight is 263 g/mol. The number of ketones is 1. The lowest BCUT2D eigenvalue weighted by Gasteiger charge is -2.06. The smallest absolute Gasteiger partial charge is 0.265 e. The van der Waals surface area contributed by atoms with E-state index in [4.69, 9.17) is 0 Å². The zero-order valence-electron chi connectivity index (χ0n) is 9.57. The van der Waals surface area contributed by atoms with Crippen molar-refractivity contribution in [1.29, 1.82) is 0 Å². The van der Waals surface area contributed by atoms with Gasteiger partial charge in [0.25, 0.3) is 5.91 Å². The van der Waals surface area contributed by atoms with Gasteiger partial charge in [0.2, 0.25) is 0 Å². The van der Waals surface area contributed by atoms with Crippen LogP contribution in [0.4, 0.5) is 10.1 Å². The number of hydrogen-bond donors (Lipinski definition) is 1. The van der Waals surface area contributed by atoms with Crippen molar-refractivity contribution < 1.29 is 14.0 Å². The molecule has 3 nitrogen and oxygen atoms in total. The van der Waals surface area contributed by atoms with Crippen LogP contribution in [-0.4, -0.2) is 11.7 Å². The highest BCUT2D eigenvalue weighted by atomic mass is 32.1. The lowest BCUT2D eigenvalue weighted by Crippen LogP contribution is -2.12. The fraction of sp³-hybridized carbons (Fsp3) is 0.0769. The maximum absolute atomic E-state index is 13.5. The van der Waals surface area contributed by atoms with Crippen LogP contribution in [0.15, 0.2) is 35.7 Å².